The highest BCUT2D eigenvalue weighted by atomic mass is 32.2. The van der Waals surface area contributed by atoms with Crippen LogP contribution in [0.25, 0.3) is 0 Å². The molecule has 20 heavy (non-hydrogen) atoms. The van der Waals surface area contributed by atoms with Gasteiger partial charge in [-0.25, -0.2) is 4.79 Å². The average molecular weight is 302 g/mol. The average Bonchev–Trinajstić information content (AvgIpc) is 2.79. The summed E-state index contributed by atoms with van der Waals surface area (Å²) in [6.07, 6.45) is 0.718. The number of aromatic nitrogens is 2. The van der Waals surface area contributed by atoms with Gasteiger partial charge in [0.05, 0.1) is 35.0 Å². The molecule has 1 saturated heterocycles. The number of aromatic amines is 1. The summed E-state index contributed by atoms with van der Waals surface area (Å²) in [6.45, 7) is 1.56. The Morgan fingerprint density at radius 3 is 2.85 bits per heavy atom. The molecule has 112 valence electrons. The van der Waals surface area contributed by atoms with E-state index in [4.69, 9.17) is 9.84 Å². The fourth-order valence-corrected chi connectivity index (χ4v) is 3.56. The van der Waals surface area contributed by atoms with E-state index in [1.807, 2.05) is 0 Å². The maximum absolute atomic E-state index is 11.9. The molecule has 0 saturated carbocycles. The first-order valence-electron chi connectivity index (χ1n) is 6.30. The molecular weight excluding hydrogens is 284 g/mol. The third-order valence-corrected chi connectivity index (χ3v) is 5.03. The van der Waals surface area contributed by atoms with E-state index in [2.05, 4.69) is 4.98 Å². The van der Waals surface area contributed by atoms with Crippen LogP contribution in [0, 0.1) is 0 Å². The third-order valence-electron chi connectivity index (χ3n) is 3.48. The molecule has 1 aliphatic rings. The number of aliphatic hydroxyl groups excluding tert-OH is 2. The fraction of sp³-hybridized carbons (Fsp3) is 0.667. The van der Waals surface area contributed by atoms with Gasteiger partial charge in [-0.1, -0.05) is 0 Å². The Kier molecular flexibility index (Phi) is 4.69. The smallest absolute Gasteiger partial charge is 0.329 e. The van der Waals surface area contributed by atoms with Crippen molar-refractivity contribution >= 4 is 11.8 Å². The Labute approximate surface area is 119 Å². The Bertz CT molecular complexity index is 584. The first-order chi connectivity index (χ1) is 9.47. The summed E-state index contributed by atoms with van der Waals surface area (Å²) in [7, 11) is 1.48. The van der Waals surface area contributed by atoms with Crippen molar-refractivity contribution < 1.29 is 14.9 Å². The van der Waals surface area contributed by atoms with Crippen molar-refractivity contribution in [3.8, 4) is 0 Å². The lowest BCUT2D eigenvalue weighted by atomic mass is 10.2. The molecule has 2 rings (SSSR count). The molecule has 0 amide bonds. The highest BCUT2D eigenvalue weighted by molar-refractivity contribution is 8.00. The highest BCUT2D eigenvalue weighted by Crippen LogP contribution is 2.40. The summed E-state index contributed by atoms with van der Waals surface area (Å²) in [5.41, 5.74) is -0.636. The van der Waals surface area contributed by atoms with Crippen molar-refractivity contribution in [1.82, 2.24) is 9.55 Å². The number of nitrogens with zero attached hydrogens (tertiary/aromatic N) is 1. The molecule has 0 aliphatic carbocycles. The van der Waals surface area contributed by atoms with Crippen LogP contribution in [0.5, 0.6) is 0 Å². The maximum Gasteiger partial charge on any atom is 0.329 e. The third kappa shape index (κ3) is 2.83. The lowest BCUT2D eigenvalue weighted by molar-refractivity contribution is 0.117. The predicted octanol–water partition coefficient (Wildman–Crippen LogP) is -0.399. The van der Waals surface area contributed by atoms with Crippen LogP contribution in [-0.2, 0) is 4.74 Å². The molecule has 1 aromatic heterocycles. The van der Waals surface area contributed by atoms with Gasteiger partial charge in [0.25, 0.3) is 5.56 Å². The molecule has 8 heteroatoms. The van der Waals surface area contributed by atoms with Crippen LogP contribution >= 0.6 is 11.8 Å². The Morgan fingerprint density at radius 1 is 1.60 bits per heavy atom. The summed E-state index contributed by atoms with van der Waals surface area (Å²) < 4.78 is 6.49. The largest absolute Gasteiger partial charge is 0.395 e. The Hall–Kier alpha value is -1.09. The monoisotopic (exact) mass is 302 g/mol. The summed E-state index contributed by atoms with van der Waals surface area (Å²) in [4.78, 5) is 25.9. The van der Waals surface area contributed by atoms with Crippen molar-refractivity contribution in [2.45, 2.75) is 36.2 Å². The Morgan fingerprint density at radius 2 is 2.30 bits per heavy atom. The number of aliphatic hydroxyl groups is 2. The molecular formula is C12H18N2O5S. The first kappa shape index (κ1) is 15.3. The summed E-state index contributed by atoms with van der Waals surface area (Å²) in [6, 6.07) is 0. The van der Waals surface area contributed by atoms with Crippen molar-refractivity contribution in [3.63, 3.8) is 0 Å². The van der Waals surface area contributed by atoms with Gasteiger partial charge >= 0.3 is 5.69 Å². The number of ether oxygens (including phenoxy) is 1. The topological polar surface area (TPSA) is 105 Å². The molecule has 0 bridgehead atoms. The molecule has 4 atom stereocenters. The molecule has 1 fully saturated rings. The van der Waals surface area contributed by atoms with E-state index in [9.17, 15) is 14.7 Å². The van der Waals surface area contributed by atoms with Crippen LogP contribution in [0.3, 0.4) is 0 Å². The second-order valence-corrected chi connectivity index (χ2v) is 6.17. The molecule has 0 spiro atoms. The maximum atomic E-state index is 11.9. The van der Waals surface area contributed by atoms with Crippen LogP contribution in [-0.4, -0.2) is 44.8 Å². The van der Waals surface area contributed by atoms with Crippen molar-refractivity contribution in [2.24, 2.45) is 0 Å². The van der Waals surface area contributed by atoms with Crippen molar-refractivity contribution in [1.29, 1.82) is 0 Å². The summed E-state index contributed by atoms with van der Waals surface area (Å²) in [5.74, 6) is 0. The van der Waals surface area contributed by atoms with Crippen molar-refractivity contribution in [2.75, 3.05) is 13.7 Å². The Balaban J connectivity index is 2.38. The molecule has 3 N–H and O–H groups in total. The van der Waals surface area contributed by atoms with E-state index in [0.717, 1.165) is 0 Å². The van der Waals surface area contributed by atoms with Crippen LogP contribution in [0.4, 0.5) is 0 Å². The summed E-state index contributed by atoms with van der Waals surface area (Å²) >= 11 is 1.32. The second kappa shape index (κ2) is 6.13. The minimum absolute atomic E-state index is 0.151. The lowest BCUT2D eigenvalue weighted by Gasteiger charge is -2.16. The zero-order valence-electron chi connectivity index (χ0n) is 11.3. The number of rotatable bonds is 4. The van der Waals surface area contributed by atoms with Gasteiger partial charge in [0.1, 0.15) is 0 Å². The highest BCUT2D eigenvalue weighted by Gasteiger charge is 2.35. The standard InChI is InChI=1S/C12H18N2O5S/c1-6(19-2)7-4-14(12(18)13-11(7)17)10-3-8(16)9(5-15)20-10/h4,6,8-10,15-16H,3,5H2,1-2H3,(H,13,17,18)/t6?,8-,9+,10+/m0/s1. The normalized spacial score (nSPS) is 27.7. The van der Waals surface area contributed by atoms with Crippen LogP contribution in [0.15, 0.2) is 15.8 Å². The minimum atomic E-state index is -0.669. The predicted molar refractivity (Wildman–Crippen MR) is 74.9 cm³/mol. The number of hydrogen-bond donors (Lipinski definition) is 3. The number of H-pyrrole nitrogens is 1. The van der Waals surface area contributed by atoms with E-state index in [-0.39, 0.29) is 17.2 Å². The van der Waals surface area contributed by atoms with Gasteiger partial charge in [0.2, 0.25) is 0 Å². The number of thioether (sulfide) groups is 1. The van der Waals surface area contributed by atoms with Gasteiger partial charge in [-0.2, -0.15) is 0 Å². The molecule has 1 aliphatic heterocycles. The van der Waals surface area contributed by atoms with Gasteiger partial charge in [-0.3, -0.25) is 14.3 Å². The fourth-order valence-electron chi connectivity index (χ4n) is 2.18. The molecule has 2 heterocycles. The van der Waals surface area contributed by atoms with Gasteiger partial charge in [-0.05, 0) is 6.92 Å². The van der Waals surface area contributed by atoms with E-state index >= 15 is 0 Å². The van der Waals surface area contributed by atoms with Gasteiger partial charge in [0, 0.05) is 19.7 Å². The van der Waals surface area contributed by atoms with Crippen molar-refractivity contribution in [3.05, 3.63) is 32.6 Å². The molecule has 7 nitrogen and oxygen atoms in total. The SMILES string of the molecule is COC(C)c1cn([C@H]2C[C@H](O)[C@@H](CO)S2)c(=O)[nH]c1=O. The van der Waals surface area contributed by atoms with Gasteiger partial charge < -0.3 is 14.9 Å². The first-order valence-corrected chi connectivity index (χ1v) is 7.24. The van der Waals surface area contributed by atoms with E-state index in [1.165, 1.54) is 29.6 Å². The second-order valence-electron chi connectivity index (χ2n) is 4.74. The molecule has 1 unspecified atom stereocenters. The summed E-state index contributed by atoms with van der Waals surface area (Å²) in [5, 5.41) is 18.3. The van der Waals surface area contributed by atoms with Gasteiger partial charge in [0.15, 0.2) is 0 Å². The quantitative estimate of drug-likeness (QED) is 0.699. The van der Waals surface area contributed by atoms with Gasteiger partial charge in [-0.15, -0.1) is 11.8 Å². The molecule has 0 radical (unpaired) electrons. The lowest BCUT2D eigenvalue weighted by Crippen LogP contribution is -2.33. The van der Waals surface area contributed by atoms with E-state index in [1.54, 1.807) is 6.92 Å². The minimum Gasteiger partial charge on any atom is -0.395 e. The van der Waals surface area contributed by atoms with E-state index in [0.29, 0.717) is 12.0 Å². The zero-order valence-corrected chi connectivity index (χ0v) is 12.1. The van der Waals surface area contributed by atoms with Crippen LogP contribution in [0.1, 0.15) is 30.4 Å². The molecule has 0 aromatic carbocycles. The number of nitrogens with one attached hydrogen (secondary N) is 1. The van der Waals surface area contributed by atoms with Crippen LogP contribution < -0.4 is 11.2 Å². The zero-order chi connectivity index (χ0) is 14.9. The van der Waals surface area contributed by atoms with Crippen LogP contribution in [0.2, 0.25) is 0 Å². The van der Waals surface area contributed by atoms with E-state index < -0.39 is 23.5 Å². The number of hydrogen-bond acceptors (Lipinski definition) is 6. The number of methoxy groups -OCH3 is 1. The molecule has 1 aromatic rings.